The van der Waals surface area contributed by atoms with Crippen LogP contribution in [0.25, 0.3) is 5.69 Å². The SMILES string of the molecule is O=C1OCc2ccc(-[n+]3nscc3O)cc21. The van der Waals surface area contributed by atoms with Crippen LogP contribution in [-0.4, -0.2) is 15.6 Å². The molecule has 16 heavy (non-hydrogen) atoms. The first-order valence-corrected chi connectivity index (χ1v) is 5.45. The van der Waals surface area contributed by atoms with Crippen molar-refractivity contribution in [2.45, 2.75) is 6.61 Å². The Morgan fingerprint density at radius 2 is 2.38 bits per heavy atom. The van der Waals surface area contributed by atoms with Crippen molar-refractivity contribution >= 4 is 17.5 Å². The molecule has 0 bridgehead atoms. The maximum Gasteiger partial charge on any atom is 0.409 e. The first-order valence-electron chi connectivity index (χ1n) is 4.62. The third-order valence-corrected chi connectivity index (χ3v) is 2.99. The standard InChI is InChI=1S/C10H6N2O3S/c13-9-5-16-11-12(9)7-2-1-6-4-15-10(14)8(6)3-7/h1-3,5H,4H2/p+1. The molecule has 0 saturated carbocycles. The Morgan fingerprint density at radius 3 is 3.12 bits per heavy atom. The van der Waals surface area contributed by atoms with E-state index in [4.69, 9.17) is 4.74 Å². The summed E-state index contributed by atoms with van der Waals surface area (Å²) in [6.07, 6.45) is 0. The van der Waals surface area contributed by atoms with Crippen LogP contribution < -0.4 is 4.68 Å². The number of benzene rings is 1. The van der Waals surface area contributed by atoms with Crippen molar-refractivity contribution in [3.05, 3.63) is 34.7 Å². The molecule has 1 aromatic carbocycles. The third-order valence-electron chi connectivity index (χ3n) is 2.42. The second kappa shape index (κ2) is 3.28. The predicted molar refractivity (Wildman–Crippen MR) is 54.4 cm³/mol. The van der Waals surface area contributed by atoms with Crippen molar-refractivity contribution in [3.63, 3.8) is 0 Å². The van der Waals surface area contributed by atoms with E-state index in [1.54, 1.807) is 18.2 Å². The van der Waals surface area contributed by atoms with Gasteiger partial charge in [-0.3, -0.25) is 0 Å². The molecule has 1 aliphatic heterocycles. The summed E-state index contributed by atoms with van der Waals surface area (Å²) in [5.41, 5.74) is 2.05. The highest BCUT2D eigenvalue weighted by Crippen LogP contribution is 2.21. The van der Waals surface area contributed by atoms with Gasteiger partial charge in [0.15, 0.2) is 0 Å². The van der Waals surface area contributed by atoms with Crippen LogP contribution in [0.3, 0.4) is 0 Å². The van der Waals surface area contributed by atoms with Gasteiger partial charge in [0.25, 0.3) is 0 Å². The Kier molecular flexibility index (Phi) is 1.90. The summed E-state index contributed by atoms with van der Waals surface area (Å²) in [6.45, 7) is 0.322. The lowest BCUT2D eigenvalue weighted by atomic mass is 10.1. The molecular formula is C10H7N2O3S+. The van der Waals surface area contributed by atoms with Crippen molar-refractivity contribution in [1.82, 2.24) is 4.49 Å². The number of hydrogen-bond donors (Lipinski definition) is 1. The number of esters is 1. The van der Waals surface area contributed by atoms with Crippen LogP contribution in [0.2, 0.25) is 0 Å². The molecule has 2 heterocycles. The summed E-state index contributed by atoms with van der Waals surface area (Å²) in [4.78, 5) is 11.4. The molecule has 6 heteroatoms. The van der Waals surface area contributed by atoms with E-state index < -0.39 is 0 Å². The highest BCUT2D eigenvalue weighted by Gasteiger charge is 2.25. The van der Waals surface area contributed by atoms with Gasteiger partial charge < -0.3 is 9.84 Å². The first kappa shape index (κ1) is 9.29. The quantitative estimate of drug-likeness (QED) is 0.586. The van der Waals surface area contributed by atoms with E-state index in [1.807, 2.05) is 0 Å². The Hall–Kier alpha value is -1.95. The fraction of sp³-hybridized carbons (Fsp3) is 0.100. The smallest absolute Gasteiger partial charge is 0.409 e. The molecule has 1 aromatic heterocycles. The summed E-state index contributed by atoms with van der Waals surface area (Å²) < 4.78 is 10.3. The molecule has 2 aromatic rings. The summed E-state index contributed by atoms with van der Waals surface area (Å²) in [5.74, 6) is -0.275. The van der Waals surface area contributed by atoms with E-state index in [0.29, 0.717) is 17.9 Å². The number of cyclic esters (lactones) is 1. The third kappa shape index (κ3) is 1.27. The van der Waals surface area contributed by atoms with Crippen LogP contribution in [0, 0.1) is 0 Å². The molecular weight excluding hydrogens is 228 g/mol. The molecule has 0 fully saturated rings. The summed E-state index contributed by atoms with van der Waals surface area (Å²) in [7, 11) is 0. The van der Waals surface area contributed by atoms with E-state index in [0.717, 1.165) is 17.1 Å². The van der Waals surface area contributed by atoms with Crippen LogP contribution in [-0.2, 0) is 11.3 Å². The van der Waals surface area contributed by atoms with Crippen LogP contribution in [0.1, 0.15) is 15.9 Å². The molecule has 0 atom stereocenters. The van der Waals surface area contributed by atoms with Gasteiger partial charge in [-0.25, -0.2) is 4.79 Å². The van der Waals surface area contributed by atoms with Gasteiger partial charge in [0, 0.05) is 33.9 Å². The zero-order valence-corrected chi connectivity index (χ0v) is 8.90. The zero-order valence-electron chi connectivity index (χ0n) is 8.08. The van der Waals surface area contributed by atoms with Gasteiger partial charge >= 0.3 is 11.8 Å². The van der Waals surface area contributed by atoms with Crippen molar-refractivity contribution < 1.29 is 19.3 Å². The van der Waals surface area contributed by atoms with Gasteiger partial charge in [-0.2, -0.15) is 0 Å². The number of hydrogen-bond acceptors (Lipinski definition) is 5. The maximum absolute atomic E-state index is 11.4. The van der Waals surface area contributed by atoms with Crippen molar-refractivity contribution in [2.24, 2.45) is 0 Å². The normalized spacial score (nSPS) is 13.6. The highest BCUT2D eigenvalue weighted by molar-refractivity contribution is 7.03. The van der Waals surface area contributed by atoms with Crippen LogP contribution in [0.15, 0.2) is 23.6 Å². The Balaban J connectivity index is 2.15. The molecule has 0 unspecified atom stereocenters. The Bertz CT molecular complexity index is 579. The van der Waals surface area contributed by atoms with E-state index in [-0.39, 0.29) is 11.8 Å². The highest BCUT2D eigenvalue weighted by atomic mass is 32.1. The maximum atomic E-state index is 11.4. The van der Waals surface area contributed by atoms with E-state index in [2.05, 4.69) is 4.49 Å². The van der Waals surface area contributed by atoms with Gasteiger partial charge in [-0.1, -0.05) is 0 Å². The largest absolute Gasteiger partial charge is 0.457 e. The lowest BCUT2D eigenvalue weighted by Gasteiger charge is -1.93. The molecule has 0 radical (unpaired) electrons. The fourth-order valence-corrected chi connectivity index (χ4v) is 2.14. The van der Waals surface area contributed by atoms with Crippen molar-refractivity contribution in [1.29, 1.82) is 0 Å². The number of carbonyl (C=O) groups is 1. The minimum Gasteiger partial charge on any atom is -0.457 e. The van der Waals surface area contributed by atoms with Gasteiger partial charge in [-0.05, 0) is 6.07 Å². The van der Waals surface area contributed by atoms with Gasteiger partial charge in [0.2, 0.25) is 5.69 Å². The number of aromatic hydroxyl groups is 1. The fourth-order valence-electron chi connectivity index (χ4n) is 1.62. The number of aromatic nitrogens is 2. The topological polar surface area (TPSA) is 63.3 Å². The van der Waals surface area contributed by atoms with Crippen molar-refractivity contribution in [3.8, 4) is 11.6 Å². The van der Waals surface area contributed by atoms with Crippen molar-refractivity contribution in [2.75, 3.05) is 0 Å². The molecule has 3 rings (SSSR count). The number of nitrogens with zero attached hydrogens (tertiary/aromatic N) is 2. The summed E-state index contributed by atoms with van der Waals surface area (Å²) in [5, 5.41) is 11.0. The minimum atomic E-state index is -0.327. The summed E-state index contributed by atoms with van der Waals surface area (Å²) in [6, 6.07) is 5.27. The summed E-state index contributed by atoms with van der Waals surface area (Å²) >= 11 is 1.14. The first-order chi connectivity index (χ1) is 7.75. The average molecular weight is 235 g/mol. The lowest BCUT2D eigenvalue weighted by Crippen LogP contribution is -2.31. The molecule has 0 saturated heterocycles. The number of ether oxygens (including phenoxy) is 1. The molecule has 80 valence electrons. The molecule has 0 amide bonds. The zero-order chi connectivity index (χ0) is 11.1. The second-order valence-corrected chi connectivity index (χ2v) is 4.00. The molecule has 5 nitrogen and oxygen atoms in total. The number of fused-ring (bicyclic) bond motifs is 1. The van der Waals surface area contributed by atoms with Gasteiger partial charge in [-0.15, -0.1) is 0 Å². The Morgan fingerprint density at radius 1 is 1.50 bits per heavy atom. The van der Waals surface area contributed by atoms with Gasteiger partial charge in [0.05, 0.1) is 10.1 Å². The van der Waals surface area contributed by atoms with Crippen LogP contribution in [0.5, 0.6) is 5.88 Å². The number of carbonyl (C=O) groups excluding carboxylic acids is 1. The molecule has 0 spiro atoms. The molecule has 1 aliphatic rings. The van der Waals surface area contributed by atoms with Crippen LogP contribution in [0.4, 0.5) is 0 Å². The lowest BCUT2D eigenvalue weighted by molar-refractivity contribution is -0.657. The minimum absolute atomic E-state index is 0.0521. The van der Waals surface area contributed by atoms with E-state index in [9.17, 15) is 9.90 Å². The van der Waals surface area contributed by atoms with Crippen LogP contribution >= 0.6 is 11.5 Å². The van der Waals surface area contributed by atoms with Gasteiger partial charge in [0.1, 0.15) is 12.0 Å². The number of rotatable bonds is 1. The Labute approximate surface area is 94.7 Å². The molecule has 1 N–H and O–H groups in total. The van der Waals surface area contributed by atoms with E-state index >= 15 is 0 Å². The molecule has 0 aliphatic carbocycles. The van der Waals surface area contributed by atoms with E-state index in [1.165, 1.54) is 10.1 Å². The average Bonchev–Trinajstić information content (AvgIpc) is 2.86. The predicted octanol–water partition coefficient (Wildman–Crippen LogP) is 0.796. The second-order valence-electron chi connectivity index (χ2n) is 3.39. The monoisotopic (exact) mass is 235 g/mol.